The summed E-state index contributed by atoms with van der Waals surface area (Å²) in [7, 11) is 0. The highest BCUT2D eigenvalue weighted by Crippen LogP contribution is 2.40. The van der Waals surface area contributed by atoms with E-state index in [0.717, 1.165) is 0 Å². The first kappa shape index (κ1) is 27.0. The monoisotopic (exact) mass is 487 g/mol. The number of nitrogens with two attached hydrogens (primary N) is 1. The molecule has 15 atom stereocenters. The quantitative estimate of drug-likeness (QED) is 0.172. The van der Waals surface area contributed by atoms with Crippen molar-refractivity contribution in [1.29, 1.82) is 0 Å². The third-order valence-electron chi connectivity index (χ3n) is 6.54. The van der Waals surface area contributed by atoms with Crippen molar-refractivity contribution in [3.05, 3.63) is 0 Å². The zero-order chi connectivity index (χ0) is 24.8. The summed E-state index contributed by atoms with van der Waals surface area (Å²) in [4.78, 5) is 0. The van der Waals surface area contributed by atoms with Crippen LogP contribution >= 0.6 is 0 Å². The van der Waals surface area contributed by atoms with Crippen molar-refractivity contribution in [2.24, 2.45) is 5.73 Å². The largest absolute Gasteiger partial charge is 0.394 e. The van der Waals surface area contributed by atoms with Gasteiger partial charge in [-0.15, -0.1) is 0 Å². The van der Waals surface area contributed by atoms with Crippen molar-refractivity contribution < 1.29 is 70.0 Å². The van der Waals surface area contributed by atoms with Crippen molar-refractivity contribution in [3.63, 3.8) is 0 Å². The maximum absolute atomic E-state index is 11.5. The van der Waals surface area contributed by atoms with Gasteiger partial charge in [0.1, 0.15) is 61.0 Å². The molecular weight excluding hydrogens is 454 g/mol. The molecule has 0 saturated carbocycles. The lowest BCUT2D eigenvalue weighted by molar-refractivity contribution is -0.403. The van der Waals surface area contributed by atoms with Gasteiger partial charge < -0.3 is 75.7 Å². The molecular formula is C18H33NO14. The number of aliphatic hydroxyl groups excluding tert-OH is 9. The summed E-state index contributed by atoms with van der Waals surface area (Å²) in [5.74, 6) is 0. The van der Waals surface area contributed by atoms with Gasteiger partial charge in [-0.05, 0) is 6.92 Å². The van der Waals surface area contributed by atoms with Crippen LogP contribution in [0.25, 0.3) is 0 Å². The Labute approximate surface area is 188 Å². The lowest BCUT2D eigenvalue weighted by Gasteiger charge is -2.55. The molecule has 3 fully saturated rings. The van der Waals surface area contributed by atoms with Gasteiger partial charge in [0.25, 0.3) is 0 Å². The number of ether oxygens (including phenoxy) is 4. The molecule has 0 aromatic rings. The minimum Gasteiger partial charge on any atom is -0.394 e. The van der Waals surface area contributed by atoms with E-state index in [9.17, 15) is 51.1 Å². The number of hydrogen-bond donors (Lipinski definition) is 11. The molecule has 2 unspecified atom stereocenters. The van der Waals surface area contributed by atoms with Gasteiger partial charge in [0.2, 0.25) is 0 Å². The zero-order valence-corrected chi connectivity index (χ0v) is 17.7. The molecule has 0 aliphatic carbocycles. The first-order valence-corrected chi connectivity index (χ1v) is 10.5. The van der Waals surface area contributed by atoms with Crippen LogP contribution in [-0.2, 0) is 18.9 Å². The lowest BCUT2D eigenvalue weighted by atomic mass is 9.76. The van der Waals surface area contributed by atoms with Gasteiger partial charge in [0, 0.05) is 0 Å². The second kappa shape index (κ2) is 10.2. The highest BCUT2D eigenvalue weighted by atomic mass is 16.7. The molecule has 15 heteroatoms. The summed E-state index contributed by atoms with van der Waals surface area (Å²) in [6.45, 7) is -0.308. The van der Waals surface area contributed by atoms with Crippen LogP contribution in [0.4, 0.5) is 0 Å². The number of hydrogen-bond acceptors (Lipinski definition) is 15. The summed E-state index contributed by atoms with van der Waals surface area (Å²) in [5, 5.41) is 103. The molecule has 3 aliphatic rings. The zero-order valence-electron chi connectivity index (χ0n) is 17.7. The summed E-state index contributed by atoms with van der Waals surface area (Å²) < 4.78 is 21.6. The third-order valence-corrected chi connectivity index (χ3v) is 6.54. The highest BCUT2D eigenvalue weighted by molar-refractivity contribution is 5.11. The topological polar surface area (TPSA) is 265 Å². The van der Waals surface area contributed by atoms with Crippen LogP contribution in [0, 0.1) is 0 Å². The van der Waals surface area contributed by atoms with Gasteiger partial charge >= 0.3 is 0 Å². The van der Waals surface area contributed by atoms with Gasteiger partial charge in [-0.3, -0.25) is 0 Å². The molecule has 3 rings (SSSR count). The molecule has 0 spiro atoms. The van der Waals surface area contributed by atoms with E-state index < -0.39 is 105 Å². The summed E-state index contributed by atoms with van der Waals surface area (Å²) in [6.07, 6.45) is -22.4. The van der Waals surface area contributed by atoms with Crippen molar-refractivity contribution in [3.8, 4) is 0 Å². The smallest absolute Gasteiger partial charge is 0.192 e. The Kier molecular flexibility index (Phi) is 8.32. The van der Waals surface area contributed by atoms with Crippen molar-refractivity contribution in [1.82, 2.24) is 0 Å². The SMILES string of the molecule is C[C@@H]1OC([C@]2(O)[C@H](O[C@H]3[C@H](O)[C@@H](N)C(O)O[C@@H]3CO)O[C@H](CO)[C@H](O)[C@@H]2O)[C@@H](O)[C@H](O)[C@@H]1O. The van der Waals surface area contributed by atoms with Crippen LogP contribution < -0.4 is 5.73 Å². The number of rotatable bonds is 5. The molecule has 12 N–H and O–H groups in total. The molecule has 3 aliphatic heterocycles. The highest BCUT2D eigenvalue weighted by Gasteiger charge is 2.65. The predicted octanol–water partition coefficient (Wildman–Crippen LogP) is -7.19. The van der Waals surface area contributed by atoms with Gasteiger partial charge in [0.05, 0.1) is 25.4 Å². The van der Waals surface area contributed by atoms with Crippen molar-refractivity contribution in [2.45, 2.75) is 98.3 Å². The maximum atomic E-state index is 11.5. The normalized spacial score (nSPS) is 56.0. The van der Waals surface area contributed by atoms with Crippen LogP contribution in [-0.4, -0.2) is 156 Å². The van der Waals surface area contributed by atoms with Crippen molar-refractivity contribution in [2.75, 3.05) is 13.2 Å². The Bertz CT molecular complexity index is 656. The Hall–Kier alpha value is -0.600. The molecule has 33 heavy (non-hydrogen) atoms. The van der Waals surface area contributed by atoms with E-state index in [1.165, 1.54) is 6.92 Å². The first-order chi connectivity index (χ1) is 15.4. The van der Waals surface area contributed by atoms with E-state index >= 15 is 0 Å². The Morgan fingerprint density at radius 2 is 1.39 bits per heavy atom. The fraction of sp³-hybridized carbons (Fsp3) is 1.00. The van der Waals surface area contributed by atoms with Gasteiger partial charge in [0.15, 0.2) is 18.2 Å². The molecule has 0 bridgehead atoms. The van der Waals surface area contributed by atoms with Crippen LogP contribution in [0.5, 0.6) is 0 Å². The van der Waals surface area contributed by atoms with Crippen LogP contribution in [0.3, 0.4) is 0 Å². The average Bonchev–Trinajstić information content (AvgIpc) is 2.80. The van der Waals surface area contributed by atoms with Gasteiger partial charge in [-0.1, -0.05) is 0 Å². The first-order valence-electron chi connectivity index (χ1n) is 10.5. The molecule has 3 heterocycles. The van der Waals surface area contributed by atoms with E-state index in [4.69, 9.17) is 24.7 Å². The van der Waals surface area contributed by atoms with Crippen LogP contribution in [0.1, 0.15) is 6.92 Å². The molecule has 3 saturated heterocycles. The van der Waals surface area contributed by atoms with E-state index in [1.54, 1.807) is 0 Å². The second-order valence-electron chi connectivity index (χ2n) is 8.66. The fourth-order valence-corrected chi connectivity index (χ4v) is 4.41. The standard InChI is InChI=1S/C18H33NO14/c1-4-8(22)11(25)12(26)15(30-4)18(29)14(27)9(23)5(2-20)32-17(18)33-13-6(3-21)31-16(28)7(19)10(13)24/h4-17,20-29H,2-3,19H2,1H3/t4-,5+,6+,7+,8+,9-,10+,11+,12-,13+,14-,15?,16?,17-,18-/m0/s1. The average molecular weight is 487 g/mol. The van der Waals surface area contributed by atoms with E-state index in [2.05, 4.69) is 0 Å². The molecule has 194 valence electrons. The predicted molar refractivity (Wildman–Crippen MR) is 102 cm³/mol. The molecule has 15 nitrogen and oxygen atoms in total. The minimum absolute atomic E-state index is 0.782. The number of aliphatic hydroxyl groups is 10. The summed E-state index contributed by atoms with van der Waals surface area (Å²) in [5.41, 5.74) is 2.83. The van der Waals surface area contributed by atoms with Crippen LogP contribution in [0.2, 0.25) is 0 Å². The summed E-state index contributed by atoms with van der Waals surface area (Å²) in [6, 6.07) is -1.41. The Balaban J connectivity index is 1.99. The minimum atomic E-state index is -2.85. The van der Waals surface area contributed by atoms with E-state index in [1.807, 2.05) is 0 Å². The lowest BCUT2D eigenvalue weighted by Crippen LogP contribution is -2.77. The maximum Gasteiger partial charge on any atom is 0.192 e. The molecule has 0 amide bonds. The Morgan fingerprint density at radius 3 is 1.97 bits per heavy atom. The molecule has 0 aromatic heterocycles. The van der Waals surface area contributed by atoms with Gasteiger partial charge in [-0.2, -0.15) is 0 Å². The van der Waals surface area contributed by atoms with Crippen LogP contribution in [0.15, 0.2) is 0 Å². The second-order valence-corrected chi connectivity index (χ2v) is 8.66. The Morgan fingerprint density at radius 1 is 0.788 bits per heavy atom. The van der Waals surface area contributed by atoms with E-state index in [0.29, 0.717) is 0 Å². The van der Waals surface area contributed by atoms with Crippen molar-refractivity contribution >= 4 is 0 Å². The molecule has 0 radical (unpaired) electrons. The third kappa shape index (κ3) is 4.53. The van der Waals surface area contributed by atoms with Gasteiger partial charge in [-0.25, -0.2) is 0 Å². The molecule has 0 aromatic carbocycles. The fourth-order valence-electron chi connectivity index (χ4n) is 4.41. The summed E-state index contributed by atoms with van der Waals surface area (Å²) >= 11 is 0. The van der Waals surface area contributed by atoms with E-state index in [-0.39, 0.29) is 0 Å².